The second kappa shape index (κ2) is 23.2. The highest BCUT2D eigenvalue weighted by Crippen LogP contribution is 2.42. The summed E-state index contributed by atoms with van der Waals surface area (Å²) in [6.45, 7) is 3.29. The predicted molar refractivity (Wildman–Crippen MR) is 137 cm³/mol. The fourth-order valence-corrected chi connectivity index (χ4v) is 3.90. The molecule has 2 atom stereocenters. The van der Waals surface area contributed by atoms with Gasteiger partial charge < -0.3 is 20.1 Å². The van der Waals surface area contributed by atoms with E-state index in [0.717, 1.165) is 64.2 Å². The van der Waals surface area contributed by atoms with Crippen molar-refractivity contribution in [3.8, 4) is 0 Å². The molecule has 9 nitrogen and oxygen atoms in total. The molecule has 2 unspecified atom stereocenters. The maximum Gasteiger partial charge on any atom is 0.472 e. The molecule has 0 aliphatic carbocycles. The zero-order valence-electron chi connectivity index (χ0n) is 21.8. The van der Waals surface area contributed by atoms with Crippen LogP contribution in [0.2, 0.25) is 0 Å². The van der Waals surface area contributed by atoms with Gasteiger partial charge >= 0.3 is 13.8 Å². The molecule has 1 amide bonds. The first-order valence-electron chi connectivity index (χ1n) is 13.2. The maximum atomic E-state index is 11.9. The molecule has 0 aliphatic heterocycles. The van der Waals surface area contributed by atoms with E-state index in [-0.39, 0.29) is 32.1 Å². The molecule has 0 saturated heterocycles. The van der Waals surface area contributed by atoms with Crippen LogP contribution >= 0.6 is 7.82 Å². The molecule has 0 bridgehead atoms. The van der Waals surface area contributed by atoms with Crippen LogP contribution in [0.3, 0.4) is 0 Å². The molecule has 3 N–H and O–H groups in total. The van der Waals surface area contributed by atoms with Crippen LogP contribution < -0.4 is 5.32 Å². The molecule has 0 aliphatic rings. The second-order valence-corrected chi connectivity index (χ2v) is 10.1. The van der Waals surface area contributed by atoms with E-state index in [1.54, 1.807) is 0 Å². The highest BCUT2D eigenvalue weighted by molar-refractivity contribution is 7.47. The average molecular weight is 522 g/mol. The average Bonchev–Trinajstić information content (AvgIpc) is 2.83. The van der Waals surface area contributed by atoms with Crippen LogP contribution in [0, 0.1) is 0 Å². The van der Waals surface area contributed by atoms with Crippen LogP contribution in [0.1, 0.15) is 104 Å². The normalized spacial score (nSPS) is 14.1. The Morgan fingerprint density at radius 3 is 2.26 bits per heavy atom. The van der Waals surface area contributed by atoms with Crippen molar-refractivity contribution in [3.05, 3.63) is 12.2 Å². The third kappa shape index (κ3) is 24.2. The molecule has 0 radical (unpaired) electrons. The topological polar surface area (TPSA) is 131 Å². The molecule has 10 heteroatoms. The van der Waals surface area contributed by atoms with E-state index in [9.17, 15) is 24.2 Å². The summed E-state index contributed by atoms with van der Waals surface area (Å²) >= 11 is 0. The molecule has 35 heavy (non-hydrogen) atoms. The standard InChI is InChI=1S/C25H48NO8P/c1-3-5-7-9-10-11-12-13-14-15-17-24(28)26-19-20-33-35(30,31)34-22-23(27)21-32-25(29)18-16-8-6-4-2/h7,9,23,27H,3-6,8,10-22H2,1-2H3,(H,26,28)(H,30,31)/b9-7-. The molecule has 0 spiro atoms. The zero-order chi connectivity index (χ0) is 26.2. The lowest BCUT2D eigenvalue weighted by molar-refractivity contribution is -0.147. The lowest BCUT2D eigenvalue weighted by Crippen LogP contribution is -2.27. The number of esters is 1. The van der Waals surface area contributed by atoms with E-state index < -0.39 is 26.5 Å². The lowest BCUT2D eigenvalue weighted by atomic mass is 10.1. The minimum absolute atomic E-state index is 0.0784. The van der Waals surface area contributed by atoms with Crippen molar-refractivity contribution in [2.45, 2.75) is 110 Å². The summed E-state index contributed by atoms with van der Waals surface area (Å²) in [6, 6.07) is 0. The third-order valence-electron chi connectivity index (χ3n) is 5.18. The minimum atomic E-state index is -4.38. The summed E-state index contributed by atoms with van der Waals surface area (Å²) in [7, 11) is -4.38. The molecule has 0 rings (SSSR count). The van der Waals surface area contributed by atoms with Gasteiger partial charge in [-0.3, -0.25) is 18.6 Å². The van der Waals surface area contributed by atoms with Crippen LogP contribution in [0.25, 0.3) is 0 Å². The van der Waals surface area contributed by atoms with Gasteiger partial charge in [0.2, 0.25) is 5.91 Å². The van der Waals surface area contributed by atoms with Crippen LogP contribution in [-0.2, 0) is 27.9 Å². The van der Waals surface area contributed by atoms with Crippen LogP contribution in [0.5, 0.6) is 0 Å². The quantitative estimate of drug-likeness (QED) is 0.0684. The number of unbranched alkanes of at least 4 members (excludes halogenated alkanes) is 9. The Morgan fingerprint density at radius 2 is 1.51 bits per heavy atom. The van der Waals surface area contributed by atoms with Crippen LogP contribution in [0.4, 0.5) is 0 Å². The molecule has 0 saturated carbocycles. The Morgan fingerprint density at radius 1 is 0.857 bits per heavy atom. The van der Waals surface area contributed by atoms with Gasteiger partial charge in [0.1, 0.15) is 12.7 Å². The maximum absolute atomic E-state index is 11.9. The smallest absolute Gasteiger partial charge is 0.463 e. The molecule has 0 fully saturated rings. The van der Waals surface area contributed by atoms with E-state index in [2.05, 4.69) is 31.3 Å². The number of nitrogens with one attached hydrogen (secondary N) is 1. The fourth-order valence-electron chi connectivity index (χ4n) is 3.14. The largest absolute Gasteiger partial charge is 0.472 e. The number of phosphoric ester groups is 1. The molecule has 0 heterocycles. The van der Waals surface area contributed by atoms with E-state index in [1.807, 2.05) is 0 Å². The van der Waals surface area contributed by atoms with Gasteiger partial charge in [0.15, 0.2) is 0 Å². The van der Waals surface area contributed by atoms with Gasteiger partial charge in [0, 0.05) is 19.4 Å². The summed E-state index contributed by atoms with van der Waals surface area (Å²) in [5, 5.41) is 12.4. The van der Waals surface area contributed by atoms with Crippen molar-refractivity contribution in [1.82, 2.24) is 5.32 Å². The van der Waals surface area contributed by atoms with Gasteiger partial charge in [0.05, 0.1) is 13.2 Å². The van der Waals surface area contributed by atoms with Crippen molar-refractivity contribution in [2.75, 3.05) is 26.4 Å². The Kier molecular flexibility index (Phi) is 22.3. The number of carbonyl (C=O) groups excluding carboxylic acids is 2. The fraction of sp³-hybridized carbons (Fsp3) is 0.840. The number of allylic oxidation sites excluding steroid dienone is 2. The molecular formula is C25H48NO8P. The number of amides is 1. The van der Waals surface area contributed by atoms with Crippen LogP contribution in [-0.4, -0.2) is 54.3 Å². The summed E-state index contributed by atoms with van der Waals surface area (Å²) in [5.41, 5.74) is 0. The number of ether oxygens (including phenoxy) is 1. The van der Waals surface area contributed by atoms with Gasteiger partial charge in [-0.1, -0.05) is 70.9 Å². The highest BCUT2D eigenvalue weighted by Gasteiger charge is 2.23. The van der Waals surface area contributed by atoms with Crippen molar-refractivity contribution < 1.29 is 37.9 Å². The molecule has 206 valence electrons. The number of aliphatic hydroxyl groups excluding tert-OH is 1. The number of aliphatic hydroxyl groups is 1. The summed E-state index contributed by atoms with van der Waals surface area (Å²) in [6.07, 6.45) is 16.4. The highest BCUT2D eigenvalue weighted by atomic mass is 31.2. The van der Waals surface area contributed by atoms with Crippen LogP contribution in [0.15, 0.2) is 12.2 Å². The van der Waals surface area contributed by atoms with Crippen molar-refractivity contribution in [2.24, 2.45) is 0 Å². The lowest BCUT2D eigenvalue weighted by Gasteiger charge is -2.15. The van der Waals surface area contributed by atoms with E-state index in [1.165, 1.54) is 12.8 Å². The monoisotopic (exact) mass is 521 g/mol. The number of rotatable bonds is 24. The number of hydrogen-bond acceptors (Lipinski definition) is 7. The number of phosphoric acid groups is 1. The van der Waals surface area contributed by atoms with Gasteiger partial charge in [-0.2, -0.15) is 0 Å². The first-order valence-corrected chi connectivity index (χ1v) is 14.7. The van der Waals surface area contributed by atoms with Crippen molar-refractivity contribution >= 4 is 19.7 Å². The SMILES string of the molecule is CCC/C=C\CCCCCCCC(=O)NCCOP(=O)(O)OCC(O)COC(=O)CCCCCC. The van der Waals surface area contributed by atoms with Gasteiger partial charge in [0.25, 0.3) is 0 Å². The van der Waals surface area contributed by atoms with Crippen molar-refractivity contribution in [3.63, 3.8) is 0 Å². The summed E-state index contributed by atoms with van der Waals surface area (Å²) < 4.78 is 26.3. The Bertz CT molecular complexity index is 614. The van der Waals surface area contributed by atoms with Crippen molar-refractivity contribution in [1.29, 1.82) is 0 Å². The Balaban J connectivity index is 3.70. The molecule has 0 aromatic heterocycles. The molecule has 0 aromatic carbocycles. The third-order valence-corrected chi connectivity index (χ3v) is 6.16. The van der Waals surface area contributed by atoms with E-state index >= 15 is 0 Å². The molecule has 0 aromatic rings. The Labute approximate surface area is 211 Å². The number of carbonyl (C=O) groups is 2. The Hall–Kier alpha value is -1.25. The van der Waals surface area contributed by atoms with Gasteiger partial charge in [-0.15, -0.1) is 0 Å². The number of hydrogen-bond donors (Lipinski definition) is 3. The van der Waals surface area contributed by atoms with E-state index in [4.69, 9.17) is 13.8 Å². The van der Waals surface area contributed by atoms with Gasteiger partial charge in [-0.05, 0) is 32.1 Å². The predicted octanol–water partition coefficient (Wildman–Crippen LogP) is 5.20. The van der Waals surface area contributed by atoms with Gasteiger partial charge in [-0.25, -0.2) is 4.57 Å². The molecular weight excluding hydrogens is 473 g/mol. The first-order chi connectivity index (χ1) is 16.8. The minimum Gasteiger partial charge on any atom is -0.463 e. The summed E-state index contributed by atoms with van der Waals surface area (Å²) in [5.74, 6) is -0.550. The van der Waals surface area contributed by atoms with E-state index in [0.29, 0.717) is 6.42 Å². The first kappa shape index (κ1) is 33.8. The second-order valence-electron chi connectivity index (χ2n) is 8.66. The zero-order valence-corrected chi connectivity index (χ0v) is 22.6. The summed E-state index contributed by atoms with van der Waals surface area (Å²) in [4.78, 5) is 33.0.